The summed E-state index contributed by atoms with van der Waals surface area (Å²) in [5.74, 6) is -0.364. The normalized spacial score (nSPS) is 25.6. The summed E-state index contributed by atoms with van der Waals surface area (Å²) in [5, 5.41) is 8.06. The van der Waals surface area contributed by atoms with Crippen molar-refractivity contribution >= 4 is 34.4 Å². The van der Waals surface area contributed by atoms with Gasteiger partial charge in [0.25, 0.3) is 5.91 Å². The van der Waals surface area contributed by atoms with Crippen molar-refractivity contribution in [2.24, 2.45) is 5.73 Å². The van der Waals surface area contributed by atoms with E-state index in [9.17, 15) is 9.59 Å². The molecule has 1 aromatic heterocycles. The zero-order chi connectivity index (χ0) is 20.6. The van der Waals surface area contributed by atoms with Crippen LogP contribution < -0.4 is 16.4 Å². The van der Waals surface area contributed by atoms with Crippen molar-refractivity contribution in [1.82, 2.24) is 15.6 Å². The molecular weight excluding hydrogens is 392 g/mol. The highest BCUT2D eigenvalue weighted by Gasteiger charge is 2.52. The Bertz CT molecular complexity index is 924. The van der Waals surface area contributed by atoms with Gasteiger partial charge in [-0.15, -0.1) is 0 Å². The second-order valence-corrected chi connectivity index (χ2v) is 8.55. The second-order valence-electron chi connectivity index (χ2n) is 8.12. The number of amides is 1. The number of esters is 1. The molecule has 1 heterocycles. The van der Waals surface area contributed by atoms with Crippen molar-refractivity contribution in [3.63, 3.8) is 0 Å². The van der Waals surface area contributed by atoms with Gasteiger partial charge in [0.05, 0.1) is 6.61 Å². The van der Waals surface area contributed by atoms with Gasteiger partial charge < -0.3 is 20.8 Å². The minimum atomic E-state index is -0.548. The Balaban J connectivity index is 1.40. The third kappa shape index (κ3) is 4.27. The summed E-state index contributed by atoms with van der Waals surface area (Å²) in [4.78, 5) is 28.1. The summed E-state index contributed by atoms with van der Waals surface area (Å²) >= 11 is 6.03. The van der Waals surface area contributed by atoms with E-state index < -0.39 is 5.54 Å². The first-order valence-electron chi connectivity index (χ1n) is 10.2. The van der Waals surface area contributed by atoms with Gasteiger partial charge in [0.15, 0.2) is 0 Å². The molecule has 0 saturated heterocycles. The number of hydrogen-bond donors (Lipinski definition) is 4. The minimum Gasteiger partial charge on any atom is -0.465 e. The van der Waals surface area contributed by atoms with Gasteiger partial charge in [-0.3, -0.25) is 14.9 Å². The number of aromatic amines is 1. The van der Waals surface area contributed by atoms with Crippen LogP contribution in [0.4, 0.5) is 0 Å². The summed E-state index contributed by atoms with van der Waals surface area (Å²) in [6, 6.07) is 7.09. The first-order chi connectivity index (χ1) is 13.9. The lowest BCUT2D eigenvalue weighted by atomic mass is 9.86. The molecule has 29 heavy (non-hydrogen) atoms. The first kappa shape index (κ1) is 20.2. The lowest BCUT2D eigenvalue weighted by molar-refractivity contribution is -0.147. The molecule has 0 bridgehead atoms. The van der Waals surface area contributed by atoms with Crippen LogP contribution in [0.15, 0.2) is 24.3 Å². The Morgan fingerprint density at radius 1 is 1.31 bits per heavy atom. The first-order valence-corrected chi connectivity index (χ1v) is 10.6. The number of fused-ring (bicyclic) bond motifs is 1. The van der Waals surface area contributed by atoms with E-state index in [2.05, 4.69) is 15.6 Å². The van der Waals surface area contributed by atoms with E-state index in [-0.39, 0.29) is 30.0 Å². The molecule has 1 amide bonds. The van der Waals surface area contributed by atoms with Crippen LogP contribution in [0.1, 0.15) is 49.5 Å². The molecule has 4 rings (SSSR count). The molecule has 0 spiro atoms. The van der Waals surface area contributed by atoms with Gasteiger partial charge in [-0.1, -0.05) is 11.6 Å². The fourth-order valence-electron chi connectivity index (χ4n) is 4.16. The Kier molecular flexibility index (Phi) is 5.55. The third-order valence-corrected chi connectivity index (χ3v) is 6.18. The number of nitrogens with one attached hydrogen (secondary N) is 3. The molecule has 2 fully saturated rings. The van der Waals surface area contributed by atoms with E-state index in [1.165, 1.54) is 0 Å². The number of ether oxygens (including phenoxy) is 1. The Labute approximate surface area is 174 Å². The number of H-pyrrole nitrogens is 1. The monoisotopic (exact) mass is 418 g/mol. The van der Waals surface area contributed by atoms with E-state index >= 15 is 0 Å². The Hall–Kier alpha value is -2.09. The summed E-state index contributed by atoms with van der Waals surface area (Å²) in [5.41, 5.74) is 7.08. The van der Waals surface area contributed by atoms with Gasteiger partial charge in [0.1, 0.15) is 11.2 Å². The van der Waals surface area contributed by atoms with Gasteiger partial charge >= 0.3 is 5.97 Å². The van der Waals surface area contributed by atoms with Crippen molar-refractivity contribution in [3.8, 4) is 0 Å². The molecule has 0 aliphatic heterocycles. The number of halogens is 1. The maximum Gasteiger partial charge on any atom is 0.326 e. The van der Waals surface area contributed by atoms with Crippen LogP contribution >= 0.6 is 11.6 Å². The SMILES string of the molecule is CCOC(=O)C1(NC2CC[C@@H](N)[C@@H](NC(=O)c3cc4cc(Cl)ccc4[nH]3)C2)CC1. The average molecular weight is 419 g/mol. The summed E-state index contributed by atoms with van der Waals surface area (Å²) in [6.07, 6.45) is 3.93. The Morgan fingerprint density at radius 2 is 2.10 bits per heavy atom. The third-order valence-electron chi connectivity index (χ3n) is 5.94. The van der Waals surface area contributed by atoms with Crippen LogP contribution in [-0.2, 0) is 9.53 Å². The second kappa shape index (κ2) is 7.97. The van der Waals surface area contributed by atoms with Gasteiger partial charge in [-0.2, -0.15) is 0 Å². The molecule has 2 saturated carbocycles. The highest BCUT2D eigenvalue weighted by Crippen LogP contribution is 2.38. The van der Waals surface area contributed by atoms with Crippen molar-refractivity contribution < 1.29 is 14.3 Å². The highest BCUT2D eigenvalue weighted by atomic mass is 35.5. The van der Waals surface area contributed by atoms with Gasteiger partial charge in [-0.05, 0) is 63.3 Å². The fraction of sp³-hybridized carbons (Fsp3) is 0.524. The van der Waals surface area contributed by atoms with Gasteiger partial charge in [-0.25, -0.2) is 0 Å². The average Bonchev–Trinajstić information content (AvgIpc) is 3.34. The Morgan fingerprint density at radius 3 is 2.83 bits per heavy atom. The number of hydrogen-bond acceptors (Lipinski definition) is 5. The molecule has 1 aromatic carbocycles. The topological polar surface area (TPSA) is 109 Å². The highest BCUT2D eigenvalue weighted by molar-refractivity contribution is 6.31. The van der Waals surface area contributed by atoms with E-state index in [4.69, 9.17) is 22.1 Å². The maximum absolute atomic E-state index is 12.8. The van der Waals surface area contributed by atoms with Crippen LogP contribution in [0.5, 0.6) is 0 Å². The predicted molar refractivity (Wildman–Crippen MR) is 112 cm³/mol. The summed E-state index contributed by atoms with van der Waals surface area (Å²) in [6.45, 7) is 2.20. The summed E-state index contributed by atoms with van der Waals surface area (Å²) in [7, 11) is 0. The molecule has 2 aliphatic carbocycles. The summed E-state index contributed by atoms with van der Waals surface area (Å²) < 4.78 is 5.21. The van der Waals surface area contributed by atoms with Gasteiger partial charge in [0.2, 0.25) is 0 Å². The largest absolute Gasteiger partial charge is 0.465 e. The van der Waals surface area contributed by atoms with Gasteiger partial charge in [0, 0.05) is 34.1 Å². The number of carbonyl (C=O) groups excluding carboxylic acids is 2. The molecule has 8 heteroatoms. The van der Waals surface area contributed by atoms with E-state index in [1.807, 2.05) is 19.1 Å². The zero-order valence-electron chi connectivity index (χ0n) is 16.5. The van der Waals surface area contributed by atoms with Crippen LogP contribution in [0.25, 0.3) is 10.9 Å². The molecule has 2 aromatic rings. The van der Waals surface area contributed by atoms with Crippen molar-refractivity contribution in [2.75, 3.05) is 6.61 Å². The number of carbonyl (C=O) groups is 2. The van der Waals surface area contributed by atoms with Crippen molar-refractivity contribution in [1.29, 1.82) is 0 Å². The van der Waals surface area contributed by atoms with E-state index in [1.54, 1.807) is 12.1 Å². The fourth-order valence-corrected chi connectivity index (χ4v) is 4.34. The van der Waals surface area contributed by atoms with E-state index in [0.717, 1.165) is 36.6 Å². The number of benzene rings is 1. The minimum absolute atomic E-state index is 0.117. The molecule has 1 unspecified atom stereocenters. The smallest absolute Gasteiger partial charge is 0.326 e. The quantitative estimate of drug-likeness (QED) is 0.539. The molecule has 2 aliphatic rings. The van der Waals surface area contributed by atoms with Crippen molar-refractivity contribution in [2.45, 2.75) is 62.7 Å². The number of aromatic nitrogens is 1. The van der Waals surface area contributed by atoms with Crippen LogP contribution in [0.2, 0.25) is 5.02 Å². The zero-order valence-corrected chi connectivity index (χ0v) is 17.2. The molecule has 7 nitrogen and oxygen atoms in total. The standard InChI is InChI=1S/C21H27ClN4O3/c1-2-29-20(28)21(7-8-21)26-14-4-5-15(23)17(11-14)25-19(27)18-10-12-9-13(22)3-6-16(12)24-18/h3,6,9-10,14-15,17,24,26H,2,4-5,7-8,11,23H2,1H3,(H,25,27)/t14?,15-,17+/m1/s1. The lowest BCUT2D eigenvalue weighted by Gasteiger charge is -2.36. The maximum atomic E-state index is 12.8. The molecule has 0 radical (unpaired) electrons. The predicted octanol–water partition coefficient (Wildman–Crippen LogP) is 2.48. The molecule has 3 atom stereocenters. The lowest BCUT2D eigenvalue weighted by Crippen LogP contribution is -2.57. The van der Waals surface area contributed by atoms with Crippen molar-refractivity contribution in [3.05, 3.63) is 35.0 Å². The number of rotatable bonds is 6. The molecule has 5 N–H and O–H groups in total. The number of nitrogens with two attached hydrogens (primary N) is 1. The molecule has 156 valence electrons. The molecular formula is C21H27ClN4O3. The van der Waals surface area contributed by atoms with E-state index in [0.29, 0.717) is 23.7 Å². The van der Waals surface area contributed by atoms with Crippen LogP contribution in [0.3, 0.4) is 0 Å². The van der Waals surface area contributed by atoms with Crippen LogP contribution in [-0.4, -0.2) is 47.1 Å². The van der Waals surface area contributed by atoms with Crippen LogP contribution in [0, 0.1) is 0 Å².